The van der Waals surface area contributed by atoms with E-state index in [0.717, 1.165) is 6.08 Å². The minimum atomic E-state index is -1.23. The van der Waals surface area contributed by atoms with Crippen molar-refractivity contribution in [2.75, 3.05) is 0 Å². The lowest BCUT2D eigenvalue weighted by atomic mass is 10.7. The molecular weight excluding hydrogens is 112 g/mol. The molecule has 0 aromatic heterocycles. The number of hydrogen-bond donors (Lipinski definition) is 1. The van der Waals surface area contributed by atoms with Gasteiger partial charge in [-0.1, -0.05) is 6.58 Å². The Kier molecular flexibility index (Phi) is 12.4. The van der Waals surface area contributed by atoms with Gasteiger partial charge >= 0.3 is 0 Å². The highest BCUT2D eigenvalue weighted by Gasteiger charge is 1.55. The summed E-state index contributed by atoms with van der Waals surface area (Å²) in [6.07, 6.45) is 0.722. The van der Waals surface area contributed by atoms with E-state index in [1.807, 2.05) is 10.5 Å². The smallest absolute Gasteiger partial charge is 0.240 e. The Morgan fingerprint density at radius 1 is 1.86 bits per heavy atom. The van der Waals surface area contributed by atoms with Gasteiger partial charge in [-0.05, 0) is 6.08 Å². The molecule has 3 radical (unpaired) electrons. The molecule has 0 rings (SSSR count). The number of carboxylic acids is 1. The van der Waals surface area contributed by atoms with Gasteiger partial charge in [0.1, 0.15) is 0 Å². The summed E-state index contributed by atoms with van der Waals surface area (Å²) in [5.74, 6) is -1.23. The van der Waals surface area contributed by atoms with E-state index < -0.39 is 5.97 Å². The van der Waals surface area contributed by atoms with Crippen LogP contribution in [0.3, 0.4) is 0 Å². The molecule has 0 amide bonds. The number of aliphatic carboxylic acids is 1. The third-order valence-corrected chi connectivity index (χ3v) is 0.167. The van der Waals surface area contributed by atoms with Crippen LogP contribution in [0.15, 0.2) is 12.7 Å². The van der Waals surface area contributed by atoms with Crippen molar-refractivity contribution >= 4 is 16.5 Å². The molecule has 0 atom stereocenters. The summed E-state index contributed by atoms with van der Waals surface area (Å²) in [5, 5.41) is 9.14. The normalized spacial score (nSPS) is 5.43. The van der Waals surface area contributed by atoms with Crippen molar-refractivity contribution in [1.82, 2.24) is 0 Å². The van der Waals surface area contributed by atoms with Crippen LogP contribution >= 0.6 is 0 Å². The van der Waals surface area contributed by atoms with Crippen LogP contribution in [0.25, 0.3) is 0 Å². The maximum Gasteiger partial charge on any atom is 0.240 e. The van der Waals surface area contributed by atoms with Crippen molar-refractivity contribution in [2.24, 2.45) is 0 Å². The molecule has 3 nitrogen and oxygen atoms in total. The zero-order valence-electron chi connectivity index (χ0n) is 3.55. The Morgan fingerprint density at radius 3 is 2.00 bits per heavy atom. The summed E-state index contributed by atoms with van der Waals surface area (Å²) >= 11 is 0. The molecule has 39 valence electrons. The predicted octanol–water partition coefficient (Wildman–Crippen LogP) is -2.02. The number of rotatable bonds is 1. The first kappa shape index (κ1) is 9.63. The standard InChI is InChI=1S/C3H4O2.HOSi/c1-2-3(4)5;1-2/h2H,1H2,(H,4,5);1H/p-1. The van der Waals surface area contributed by atoms with E-state index in [1.165, 1.54) is 0 Å². The van der Waals surface area contributed by atoms with Crippen molar-refractivity contribution in [2.45, 2.75) is 0 Å². The van der Waals surface area contributed by atoms with Crippen LogP contribution in [-0.4, -0.2) is 21.3 Å². The first-order chi connectivity index (χ1) is 3.27. The lowest BCUT2D eigenvalue weighted by molar-refractivity contribution is -0.297. The molecule has 0 bridgehead atoms. The van der Waals surface area contributed by atoms with Gasteiger partial charge in [0.05, 0.1) is 5.97 Å². The van der Waals surface area contributed by atoms with Gasteiger partial charge in [-0.2, -0.15) is 0 Å². The van der Waals surface area contributed by atoms with Gasteiger partial charge in [0, 0.05) is 0 Å². The Balaban J connectivity index is 0. The molecule has 7 heavy (non-hydrogen) atoms. The molecule has 0 aliphatic rings. The van der Waals surface area contributed by atoms with Crippen molar-refractivity contribution in [3.63, 3.8) is 0 Å². The van der Waals surface area contributed by atoms with Gasteiger partial charge in [-0.15, -0.1) is 0 Å². The fourth-order valence-corrected chi connectivity index (χ4v) is 0. The monoisotopic (exact) mass is 116 g/mol. The third kappa shape index (κ3) is 32.1. The molecule has 0 spiro atoms. The molecule has 0 saturated heterocycles. The molecule has 0 saturated carbocycles. The van der Waals surface area contributed by atoms with E-state index in [9.17, 15) is 0 Å². The second kappa shape index (κ2) is 9.04. The molecule has 0 unspecified atom stereocenters. The number of carbonyl (C=O) groups is 1. The summed E-state index contributed by atoms with van der Waals surface area (Å²) in [4.78, 5) is 15.9. The molecule has 0 aliphatic heterocycles. The van der Waals surface area contributed by atoms with Crippen molar-refractivity contribution in [3.8, 4) is 0 Å². The Bertz CT molecular complexity index is 61.2. The number of carbonyl (C=O) groups excluding carboxylic acids is 1. The second-order valence-electron chi connectivity index (χ2n) is 0.523. The van der Waals surface area contributed by atoms with Crippen LogP contribution in [-0.2, 0) is 4.79 Å². The maximum atomic E-state index is 9.14. The fourth-order valence-electron chi connectivity index (χ4n) is 0. The Labute approximate surface area is 44.8 Å². The zero-order valence-corrected chi connectivity index (χ0v) is 4.55. The molecule has 0 fully saturated rings. The van der Waals surface area contributed by atoms with Crippen LogP contribution < -0.4 is 5.11 Å². The summed E-state index contributed by atoms with van der Waals surface area (Å²) in [6.45, 7) is 2.90. The van der Waals surface area contributed by atoms with Gasteiger partial charge < -0.3 is 14.7 Å². The van der Waals surface area contributed by atoms with Gasteiger partial charge in [-0.25, -0.2) is 0 Å². The van der Waals surface area contributed by atoms with Crippen LogP contribution in [0.5, 0.6) is 0 Å². The van der Waals surface area contributed by atoms with Crippen molar-refractivity contribution in [1.29, 1.82) is 0 Å². The number of hydrogen-bond acceptors (Lipinski definition) is 3. The minimum absolute atomic E-state index is 0.722. The van der Waals surface area contributed by atoms with Crippen LogP contribution in [0.4, 0.5) is 0 Å². The SMILES string of the molecule is C=CC(=O)[O-].O[Si]. The third-order valence-electron chi connectivity index (χ3n) is 0.167. The Hall–Kier alpha value is -0.613. The minimum Gasteiger partial charge on any atom is -0.545 e. The molecule has 4 heteroatoms. The van der Waals surface area contributed by atoms with E-state index in [1.54, 1.807) is 0 Å². The highest BCUT2D eigenvalue weighted by Crippen LogP contribution is 1.47. The van der Waals surface area contributed by atoms with Gasteiger partial charge in [0.15, 0.2) is 0 Å². The average Bonchev–Trinajstić information content (AvgIpc) is 1.73. The highest BCUT2D eigenvalue weighted by atomic mass is 28.2. The first-order valence-electron chi connectivity index (χ1n) is 1.33. The molecule has 0 heterocycles. The summed E-state index contributed by atoms with van der Waals surface area (Å²) < 4.78 is 0. The topological polar surface area (TPSA) is 60.4 Å². The first-order valence-corrected chi connectivity index (χ1v) is 1.78. The van der Waals surface area contributed by atoms with E-state index in [2.05, 4.69) is 6.58 Å². The fraction of sp³-hybridized carbons (Fsp3) is 0. The lowest BCUT2D eigenvalue weighted by Crippen LogP contribution is -2.17. The average molecular weight is 116 g/mol. The molecule has 0 aliphatic carbocycles. The molecule has 0 aromatic carbocycles. The lowest BCUT2D eigenvalue weighted by Gasteiger charge is -1.81. The van der Waals surface area contributed by atoms with Crippen molar-refractivity contribution < 1.29 is 14.7 Å². The van der Waals surface area contributed by atoms with E-state index in [0.29, 0.717) is 0 Å². The number of carboxylic acid groups (broad SMARTS) is 1. The zero-order chi connectivity index (χ0) is 6.28. The van der Waals surface area contributed by atoms with E-state index in [-0.39, 0.29) is 0 Å². The Morgan fingerprint density at radius 2 is 2.00 bits per heavy atom. The maximum absolute atomic E-state index is 9.14. The second-order valence-corrected chi connectivity index (χ2v) is 0.523. The van der Waals surface area contributed by atoms with Crippen LogP contribution in [0.2, 0.25) is 0 Å². The summed E-state index contributed by atoms with van der Waals surface area (Å²) in [6, 6.07) is 0. The molecular formula is C3H4O3Si-. The quantitative estimate of drug-likeness (QED) is 0.318. The largest absolute Gasteiger partial charge is 0.545 e. The van der Waals surface area contributed by atoms with Gasteiger partial charge in [-0.3, -0.25) is 0 Å². The summed E-state index contributed by atoms with van der Waals surface area (Å²) in [5.41, 5.74) is 0. The summed E-state index contributed by atoms with van der Waals surface area (Å²) in [7, 11) is 1.97. The molecule has 0 aromatic rings. The van der Waals surface area contributed by atoms with Gasteiger partial charge in [0.25, 0.3) is 0 Å². The van der Waals surface area contributed by atoms with E-state index >= 15 is 0 Å². The highest BCUT2D eigenvalue weighted by molar-refractivity contribution is 5.95. The predicted molar refractivity (Wildman–Crippen MR) is 23.2 cm³/mol. The van der Waals surface area contributed by atoms with E-state index in [4.69, 9.17) is 14.7 Å². The van der Waals surface area contributed by atoms with Crippen LogP contribution in [0, 0.1) is 0 Å². The van der Waals surface area contributed by atoms with Crippen molar-refractivity contribution in [3.05, 3.63) is 12.7 Å². The van der Waals surface area contributed by atoms with Crippen LogP contribution in [0.1, 0.15) is 0 Å². The molecule has 1 N–H and O–H groups in total. The van der Waals surface area contributed by atoms with Gasteiger partial charge in [0.2, 0.25) is 10.5 Å².